The molecule has 1 unspecified atom stereocenters. The van der Waals surface area contributed by atoms with Gasteiger partial charge in [0.25, 0.3) is 0 Å². The van der Waals surface area contributed by atoms with Crippen molar-refractivity contribution in [3.8, 4) is 0 Å². The van der Waals surface area contributed by atoms with Crippen LogP contribution in [0.25, 0.3) is 0 Å². The lowest BCUT2D eigenvalue weighted by atomic mass is 10.1. The van der Waals surface area contributed by atoms with Gasteiger partial charge in [0.2, 0.25) is 0 Å². The normalized spacial score (nSPS) is 12.8. The largest absolute Gasteiger partial charge is 0.393 e. The third-order valence-corrected chi connectivity index (χ3v) is 3.08. The number of rotatable bonds is 5. The van der Waals surface area contributed by atoms with Gasteiger partial charge in [-0.3, -0.25) is 0 Å². The molecule has 1 aromatic rings. The highest BCUT2D eigenvalue weighted by atomic mass is 35.5. The van der Waals surface area contributed by atoms with Crippen LogP contribution in [0.1, 0.15) is 12.0 Å². The molecule has 14 heavy (non-hydrogen) atoms. The predicted molar refractivity (Wildman–Crippen MR) is 64.2 cm³/mol. The number of thioether (sulfide) groups is 1. The molecule has 0 aliphatic carbocycles. The van der Waals surface area contributed by atoms with E-state index in [0.717, 1.165) is 22.8 Å². The summed E-state index contributed by atoms with van der Waals surface area (Å²) < 4.78 is 0. The van der Waals surface area contributed by atoms with E-state index in [-0.39, 0.29) is 6.10 Å². The van der Waals surface area contributed by atoms with Crippen LogP contribution in [0.3, 0.4) is 0 Å². The Hall–Kier alpha value is -0.180. The van der Waals surface area contributed by atoms with E-state index >= 15 is 0 Å². The first-order valence-corrected chi connectivity index (χ1v) is 6.41. The zero-order chi connectivity index (χ0) is 10.4. The molecule has 0 aromatic heterocycles. The molecular formula is C11H15ClOS. The summed E-state index contributed by atoms with van der Waals surface area (Å²) in [6.45, 7) is 0. The highest BCUT2D eigenvalue weighted by Gasteiger charge is 2.07. The third-order valence-electron chi connectivity index (χ3n) is 2.07. The summed E-state index contributed by atoms with van der Waals surface area (Å²) in [5.41, 5.74) is 1.03. The van der Waals surface area contributed by atoms with E-state index in [1.807, 2.05) is 30.5 Å². The van der Waals surface area contributed by atoms with Gasteiger partial charge in [-0.2, -0.15) is 11.8 Å². The van der Waals surface area contributed by atoms with E-state index in [1.54, 1.807) is 11.8 Å². The van der Waals surface area contributed by atoms with Crippen molar-refractivity contribution in [1.82, 2.24) is 0 Å². The summed E-state index contributed by atoms with van der Waals surface area (Å²) in [6, 6.07) is 7.67. The van der Waals surface area contributed by atoms with Gasteiger partial charge >= 0.3 is 0 Å². The Morgan fingerprint density at radius 3 is 2.79 bits per heavy atom. The second-order valence-corrected chi connectivity index (χ2v) is 4.62. The van der Waals surface area contributed by atoms with E-state index in [0.29, 0.717) is 6.42 Å². The summed E-state index contributed by atoms with van der Waals surface area (Å²) >= 11 is 7.74. The highest BCUT2D eigenvalue weighted by Crippen LogP contribution is 2.17. The van der Waals surface area contributed by atoms with Gasteiger partial charge in [0.1, 0.15) is 0 Å². The first-order valence-electron chi connectivity index (χ1n) is 4.64. The van der Waals surface area contributed by atoms with Gasteiger partial charge in [0.05, 0.1) is 6.10 Å². The van der Waals surface area contributed by atoms with Crippen LogP contribution in [0.4, 0.5) is 0 Å². The maximum atomic E-state index is 9.69. The van der Waals surface area contributed by atoms with Crippen molar-refractivity contribution in [2.24, 2.45) is 0 Å². The first kappa shape index (κ1) is 11.9. The van der Waals surface area contributed by atoms with Crippen LogP contribution < -0.4 is 0 Å². The van der Waals surface area contributed by atoms with Gasteiger partial charge in [-0.15, -0.1) is 0 Å². The van der Waals surface area contributed by atoms with E-state index in [9.17, 15) is 5.11 Å². The van der Waals surface area contributed by atoms with Crippen molar-refractivity contribution in [3.63, 3.8) is 0 Å². The predicted octanol–water partition coefficient (Wildman–Crippen LogP) is 3.00. The standard InChI is InChI=1S/C11H15ClOS/c1-14-7-6-10(13)8-9-4-2-3-5-11(9)12/h2-5,10,13H,6-8H2,1H3. The van der Waals surface area contributed by atoms with E-state index < -0.39 is 0 Å². The molecule has 0 bridgehead atoms. The molecule has 1 N–H and O–H groups in total. The summed E-state index contributed by atoms with van der Waals surface area (Å²) in [6.07, 6.45) is 3.25. The van der Waals surface area contributed by atoms with Crippen LogP contribution in [0, 0.1) is 0 Å². The second kappa shape index (κ2) is 6.33. The molecule has 0 fully saturated rings. The maximum Gasteiger partial charge on any atom is 0.0589 e. The molecule has 0 radical (unpaired) electrons. The Kier molecular flexibility index (Phi) is 5.38. The molecule has 1 rings (SSSR count). The Morgan fingerprint density at radius 1 is 1.43 bits per heavy atom. The summed E-state index contributed by atoms with van der Waals surface area (Å²) in [7, 11) is 0. The summed E-state index contributed by atoms with van der Waals surface area (Å²) in [4.78, 5) is 0. The van der Waals surface area contributed by atoms with Crippen LogP contribution >= 0.6 is 23.4 Å². The number of aliphatic hydroxyl groups excluding tert-OH is 1. The van der Waals surface area contributed by atoms with Crippen LogP contribution in [0.2, 0.25) is 5.02 Å². The van der Waals surface area contributed by atoms with Crippen molar-refractivity contribution >= 4 is 23.4 Å². The minimum atomic E-state index is -0.276. The average molecular weight is 231 g/mol. The number of aliphatic hydroxyl groups is 1. The topological polar surface area (TPSA) is 20.2 Å². The molecule has 1 aromatic carbocycles. The SMILES string of the molecule is CSCCC(O)Cc1ccccc1Cl. The number of halogens is 1. The van der Waals surface area contributed by atoms with Gasteiger partial charge in [0.15, 0.2) is 0 Å². The van der Waals surface area contributed by atoms with Gasteiger partial charge in [-0.25, -0.2) is 0 Å². The first-order chi connectivity index (χ1) is 6.74. The molecular weight excluding hydrogens is 216 g/mol. The monoisotopic (exact) mass is 230 g/mol. The number of benzene rings is 1. The molecule has 0 heterocycles. The van der Waals surface area contributed by atoms with Gasteiger partial charge in [-0.05, 0) is 36.5 Å². The summed E-state index contributed by atoms with van der Waals surface area (Å²) in [5, 5.41) is 10.4. The number of hydrogen-bond acceptors (Lipinski definition) is 2. The van der Waals surface area contributed by atoms with Crippen molar-refractivity contribution < 1.29 is 5.11 Å². The molecule has 0 spiro atoms. The Labute approximate surface area is 94.5 Å². The molecule has 0 amide bonds. The maximum absolute atomic E-state index is 9.69. The second-order valence-electron chi connectivity index (χ2n) is 3.23. The minimum absolute atomic E-state index is 0.276. The number of hydrogen-bond donors (Lipinski definition) is 1. The van der Waals surface area contributed by atoms with Crippen molar-refractivity contribution in [3.05, 3.63) is 34.9 Å². The lowest BCUT2D eigenvalue weighted by molar-refractivity contribution is 0.172. The van der Waals surface area contributed by atoms with E-state index in [4.69, 9.17) is 11.6 Å². The molecule has 0 aliphatic rings. The Morgan fingerprint density at radius 2 is 2.14 bits per heavy atom. The summed E-state index contributed by atoms with van der Waals surface area (Å²) in [5.74, 6) is 0.992. The van der Waals surface area contributed by atoms with Crippen LogP contribution in [-0.2, 0) is 6.42 Å². The molecule has 3 heteroatoms. The smallest absolute Gasteiger partial charge is 0.0589 e. The molecule has 1 atom stereocenters. The van der Waals surface area contributed by atoms with Crippen LogP contribution in [0.5, 0.6) is 0 Å². The van der Waals surface area contributed by atoms with Crippen molar-refractivity contribution in [1.29, 1.82) is 0 Å². The minimum Gasteiger partial charge on any atom is -0.393 e. The van der Waals surface area contributed by atoms with Crippen molar-refractivity contribution in [2.75, 3.05) is 12.0 Å². The highest BCUT2D eigenvalue weighted by molar-refractivity contribution is 7.98. The Balaban J connectivity index is 2.47. The molecule has 0 aliphatic heterocycles. The Bertz CT molecular complexity index is 278. The van der Waals surface area contributed by atoms with E-state index in [1.165, 1.54) is 0 Å². The van der Waals surface area contributed by atoms with Gasteiger partial charge in [-0.1, -0.05) is 29.8 Å². The van der Waals surface area contributed by atoms with Gasteiger partial charge < -0.3 is 5.11 Å². The molecule has 78 valence electrons. The molecule has 1 nitrogen and oxygen atoms in total. The fraction of sp³-hybridized carbons (Fsp3) is 0.455. The van der Waals surface area contributed by atoms with Gasteiger partial charge in [0, 0.05) is 5.02 Å². The lowest BCUT2D eigenvalue weighted by Crippen LogP contribution is -2.11. The fourth-order valence-corrected chi connectivity index (χ4v) is 1.99. The zero-order valence-corrected chi connectivity index (χ0v) is 9.81. The third kappa shape index (κ3) is 3.91. The van der Waals surface area contributed by atoms with Crippen LogP contribution in [0.15, 0.2) is 24.3 Å². The van der Waals surface area contributed by atoms with E-state index in [2.05, 4.69) is 0 Å². The zero-order valence-electron chi connectivity index (χ0n) is 8.24. The lowest BCUT2D eigenvalue weighted by Gasteiger charge is -2.10. The van der Waals surface area contributed by atoms with Crippen LogP contribution in [-0.4, -0.2) is 23.2 Å². The fourth-order valence-electron chi connectivity index (χ4n) is 1.27. The molecule has 0 saturated carbocycles. The van der Waals surface area contributed by atoms with Crippen molar-refractivity contribution in [2.45, 2.75) is 18.9 Å². The average Bonchev–Trinajstić information content (AvgIpc) is 2.18. The molecule has 0 saturated heterocycles. The quantitative estimate of drug-likeness (QED) is 0.839.